The minimum Gasteiger partial charge on any atom is -0.314 e. The Morgan fingerprint density at radius 1 is 1.36 bits per heavy atom. The van der Waals surface area contributed by atoms with Gasteiger partial charge in [-0.05, 0) is 25.1 Å². The van der Waals surface area contributed by atoms with Crippen LogP contribution in [0.4, 0.5) is 15.8 Å². The van der Waals surface area contributed by atoms with Gasteiger partial charge in [-0.3, -0.25) is 19.5 Å². The number of rotatable bonds is 5. The first kappa shape index (κ1) is 17.3. The van der Waals surface area contributed by atoms with E-state index in [0.717, 1.165) is 24.3 Å². The fourth-order valence-electron chi connectivity index (χ4n) is 2.64. The lowest BCUT2D eigenvalue weighted by molar-refractivity contribution is -0.384. The maximum absolute atomic E-state index is 13.9. The van der Waals surface area contributed by atoms with Crippen molar-refractivity contribution in [3.05, 3.63) is 46.8 Å². The highest BCUT2D eigenvalue weighted by molar-refractivity contribution is 7.92. The molecule has 1 aliphatic heterocycles. The molecule has 0 unspecified atom stereocenters. The highest BCUT2D eigenvalue weighted by Gasteiger charge is 2.27. The molecule has 1 aromatic carbocycles. The highest BCUT2D eigenvalue weighted by Crippen LogP contribution is 2.24. The Kier molecular flexibility index (Phi) is 4.68. The zero-order valence-corrected chi connectivity index (χ0v) is 13.8. The molecule has 1 fully saturated rings. The second kappa shape index (κ2) is 6.76. The number of hydrogen-bond donors (Lipinski definition) is 2. The second-order valence-corrected chi connectivity index (χ2v) is 7.32. The van der Waals surface area contributed by atoms with E-state index in [-0.39, 0.29) is 22.8 Å². The third kappa shape index (κ3) is 3.77. The molecule has 2 heterocycles. The predicted molar refractivity (Wildman–Crippen MR) is 87.6 cm³/mol. The average Bonchev–Trinajstić information content (AvgIpc) is 3.03. The van der Waals surface area contributed by atoms with Gasteiger partial charge in [0.05, 0.1) is 27.7 Å². The van der Waals surface area contributed by atoms with Crippen LogP contribution in [0.3, 0.4) is 0 Å². The number of nitrogens with one attached hydrogen (secondary N) is 2. The smallest absolute Gasteiger partial charge is 0.269 e. The molecule has 0 radical (unpaired) electrons. The Morgan fingerprint density at radius 3 is 2.72 bits per heavy atom. The number of non-ortho nitro benzene ring substituents is 1. The first-order valence-corrected chi connectivity index (χ1v) is 9.01. The van der Waals surface area contributed by atoms with Gasteiger partial charge in [0, 0.05) is 24.9 Å². The molecule has 2 N–H and O–H groups in total. The van der Waals surface area contributed by atoms with Crippen LogP contribution >= 0.6 is 0 Å². The summed E-state index contributed by atoms with van der Waals surface area (Å²) in [6, 6.07) is 4.07. The molecule has 11 heteroatoms. The third-order valence-electron chi connectivity index (χ3n) is 3.93. The van der Waals surface area contributed by atoms with Crippen molar-refractivity contribution < 1.29 is 17.7 Å². The lowest BCUT2D eigenvalue weighted by atomic mass is 10.1. The van der Waals surface area contributed by atoms with Crippen LogP contribution in [0.15, 0.2) is 41.6 Å². The molecular weight excluding hydrogens is 353 g/mol. The monoisotopic (exact) mass is 369 g/mol. The van der Waals surface area contributed by atoms with E-state index in [2.05, 4.69) is 15.1 Å². The fourth-order valence-corrected chi connectivity index (χ4v) is 3.67. The zero-order chi connectivity index (χ0) is 18.0. The van der Waals surface area contributed by atoms with Gasteiger partial charge in [0.15, 0.2) is 0 Å². The largest absolute Gasteiger partial charge is 0.314 e. The maximum Gasteiger partial charge on any atom is 0.269 e. The van der Waals surface area contributed by atoms with Crippen LogP contribution in [-0.4, -0.2) is 42.4 Å². The molecule has 3 rings (SSSR count). The molecule has 1 aliphatic rings. The van der Waals surface area contributed by atoms with Gasteiger partial charge in [0.2, 0.25) is 0 Å². The van der Waals surface area contributed by atoms with Crippen LogP contribution in [-0.2, 0) is 10.0 Å². The Hall–Kier alpha value is -2.53. The minimum absolute atomic E-state index is 0.115. The zero-order valence-electron chi connectivity index (χ0n) is 13.0. The normalized spacial score (nSPS) is 21.0. The van der Waals surface area contributed by atoms with Gasteiger partial charge in [0.1, 0.15) is 6.17 Å². The SMILES string of the molecule is O=[N+]([O-])c1ccc(S(=O)(=O)Nc2cnn([C@@H]3CCNC[C@H]3F)c2)cc1. The van der Waals surface area contributed by atoms with Crippen molar-refractivity contribution in [2.45, 2.75) is 23.5 Å². The third-order valence-corrected chi connectivity index (χ3v) is 5.32. The summed E-state index contributed by atoms with van der Waals surface area (Å²) in [5.41, 5.74) is -0.00393. The summed E-state index contributed by atoms with van der Waals surface area (Å²) in [5, 5.41) is 17.6. The van der Waals surface area contributed by atoms with Gasteiger partial charge >= 0.3 is 0 Å². The predicted octanol–water partition coefficient (Wildman–Crippen LogP) is 1.46. The Balaban J connectivity index is 1.76. The number of benzene rings is 1. The van der Waals surface area contributed by atoms with E-state index in [0.29, 0.717) is 13.0 Å². The number of nitro groups is 1. The lowest BCUT2D eigenvalue weighted by Gasteiger charge is -2.26. The fraction of sp³-hybridized carbons (Fsp3) is 0.357. The molecule has 0 spiro atoms. The highest BCUT2D eigenvalue weighted by atomic mass is 32.2. The molecule has 0 bridgehead atoms. The topological polar surface area (TPSA) is 119 Å². The quantitative estimate of drug-likeness (QED) is 0.608. The van der Waals surface area contributed by atoms with E-state index < -0.39 is 27.2 Å². The Morgan fingerprint density at radius 2 is 2.08 bits per heavy atom. The van der Waals surface area contributed by atoms with Crippen molar-refractivity contribution in [1.29, 1.82) is 0 Å². The van der Waals surface area contributed by atoms with E-state index in [1.54, 1.807) is 0 Å². The molecule has 2 aromatic rings. The maximum atomic E-state index is 13.9. The minimum atomic E-state index is -3.92. The van der Waals surface area contributed by atoms with Gasteiger partial charge in [-0.1, -0.05) is 0 Å². The van der Waals surface area contributed by atoms with E-state index in [1.165, 1.54) is 17.1 Å². The van der Waals surface area contributed by atoms with Crippen molar-refractivity contribution in [3.63, 3.8) is 0 Å². The van der Waals surface area contributed by atoms with Gasteiger partial charge < -0.3 is 5.32 Å². The van der Waals surface area contributed by atoms with Crippen LogP contribution in [0.1, 0.15) is 12.5 Å². The summed E-state index contributed by atoms with van der Waals surface area (Å²) in [4.78, 5) is 9.90. The summed E-state index contributed by atoms with van der Waals surface area (Å²) < 4.78 is 42.3. The first-order valence-electron chi connectivity index (χ1n) is 7.53. The van der Waals surface area contributed by atoms with Gasteiger partial charge in [-0.15, -0.1) is 0 Å². The van der Waals surface area contributed by atoms with E-state index in [1.807, 2.05) is 0 Å². The number of nitrogens with zero attached hydrogens (tertiary/aromatic N) is 3. The van der Waals surface area contributed by atoms with Crippen LogP contribution in [0.2, 0.25) is 0 Å². The van der Waals surface area contributed by atoms with Gasteiger partial charge in [0.25, 0.3) is 15.7 Å². The number of halogens is 1. The number of anilines is 1. The molecule has 9 nitrogen and oxygen atoms in total. The van der Waals surface area contributed by atoms with E-state index in [4.69, 9.17) is 0 Å². The average molecular weight is 369 g/mol. The van der Waals surface area contributed by atoms with Crippen molar-refractivity contribution in [2.75, 3.05) is 17.8 Å². The molecule has 0 saturated carbocycles. The van der Waals surface area contributed by atoms with Crippen molar-refractivity contribution in [2.24, 2.45) is 0 Å². The molecule has 0 aliphatic carbocycles. The Labute approximate surface area is 143 Å². The molecule has 2 atom stereocenters. The summed E-state index contributed by atoms with van der Waals surface area (Å²) in [6.07, 6.45) is 2.19. The van der Waals surface area contributed by atoms with Crippen LogP contribution < -0.4 is 10.0 Å². The summed E-state index contributed by atoms with van der Waals surface area (Å²) >= 11 is 0. The van der Waals surface area contributed by atoms with Crippen LogP contribution in [0.5, 0.6) is 0 Å². The molecule has 1 aromatic heterocycles. The first-order chi connectivity index (χ1) is 11.9. The second-order valence-electron chi connectivity index (χ2n) is 5.64. The number of hydrogen-bond acceptors (Lipinski definition) is 6. The lowest BCUT2D eigenvalue weighted by Crippen LogP contribution is -2.39. The molecule has 0 amide bonds. The molecule has 134 valence electrons. The number of piperidine rings is 1. The summed E-state index contributed by atoms with van der Waals surface area (Å²) in [7, 11) is -3.92. The number of aromatic nitrogens is 2. The molecule has 1 saturated heterocycles. The van der Waals surface area contributed by atoms with E-state index >= 15 is 0 Å². The standard InChI is InChI=1S/C14H16FN5O4S/c15-13-8-16-6-5-14(13)19-9-10(7-17-19)18-25(23,24)12-3-1-11(2-4-12)20(21)22/h1-4,7,9,13-14,16,18H,5-6,8H2/t13-,14-/m1/s1. The molecule has 25 heavy (non-hydrogen) atoms. The van der Waals surface area contributed by atoms with E-state index in [9.17, 15) is 22.9 Å². The number of alkyl halides is 1. The Bertz CT molecular complexity index is 868. The summed E-state index contributed by atoms with van der Waals surface area (Å²) in [5.74, 6) is 0. The van der Waals surface area contributed by atoms with Gasteiger partial charge in [-0.2, -0.15) is 5.10 Å². The van der Waals surface area contributed by atoms with Crippen molar-refractivity contribution in [1.82, 2.24) is 15.1 Å². The van der Waals surface area contributed by atoms with Crippen molar-refractivity contribution in [3.8, 4) is 0 Å². The number of nitro benzene ring substituents is 1. The van der Waals surface area contributed by atoms with Gasteiger partial charge in [-0.25, -0.2) is 12.8 Å². The summed E-state index contributed by atoms with van der Waals surface area (Å²) in [6.45, 7) is 0.892. The molecular formula is C14H16FN5O4S. The van der Waals surface area contributed by atoms with Crippen LogP contribution in [0, 0.1) is 10.1 Å². The van der Waals surface area contributed by atoms with Crippen molar-refractivity contribution >= 4 is 21.4 Å². The number of sulfonamides is 1. The van der Waals surface area contributed by atoms with Crippen LogP contribution in [0.25, 0.3) is 0 Å².